The fourth-order valence-corrected chi connectivity index (χ4v) is 7.92. The van der Waals surface area contributed by atoms with Crippen LogP contribution < -0.4 is 34.2 Å². The number of hydrogen-bond acceptors (Lipinski definition) is 6. The quantitative estimate of drug-likeness (QED) is 0.0443. The standard InChI is InChI=1S/3C18H36O2.Li.Zn/c3*1-2-3-4-5-6-7-8-9-10-11-12-13-14-15-16-17-18(19)20;;/h3*2-17H2,1H3,(H,19,20);;/q;;;+1;+2/p-3. The van der Waals surface area contributed by atoms with E-state index in [1.54, 1.807) is 0 Å². The summed E-state index contributed by atoms with van der Waals surface area (Å²) in [4.78, 5) is 30.7. The average Bonchev–Trinajstić information content (AvgIpc) is 3.22. The van der Waals surface area contributed by atoms with E-state index < -0.39 is 17.9 Å². The van der Waals surface area contributed by atoms with Gasteiger partial charge in [-0.15, -0.1) is 0 Å². The molecule has 0 spiro atoms. The predicted molar refractivity (Wildman–Crippen MR) is 254 cm³/mol. The van der Waals surface area contributed by atoms with Crippen molar-refractivity contribution < 1.29 is 68.0 Å². The molecule has 0 aliphatic heterocycles. The van der Waals surface area contributed by atoms with Gasteiger partial charge in [0.2, 0.25) is 0 Å². The molecule has 0 saturated carbocycles. The van der Waals surface area contributed by atoms with Crippen LogP contribution in [-0.2, 0) is 33.9 Å². The van der Waals surface area contributed by atoms with Crippen LogP contribution in [0.3, 0.4) is 0 Å². The summed E-state index contributed by atoms with van der Waals surface area (Å²) in [6, 6.07) is 0. The molecule has 0 radical (unpaired) electrons. The summed E-state index contributed by atoms with van der Waals surface area (Å²) < 4.78 is 0. The van der Waals surface area contributed by atoms with Gasteiger partial charge in [0, 0.05) is 17.9 Å². The van der Waals surface area contributed by atoms with Gasteiger partial charge in [-0.2, -0.15) is 0 Å². The monoisotopic (exact) mass is 921 g/mol. The number of carbonyl (C=O) groups excluding carboxylic acids is 3. The van der Waals surface area contributed by atoms with Crippen LogP contribution in [0.4, 0.5) is 0 Å². The predicted octanol–water partition coefficient (Wildman–Crippen LogP) is 12.0. The van der Waals surface area contributed by atoms with E-state index in [1.165, 1.54) is 250 Å². The first-order chi connectivity index (χ1) is 29.3. The molecule has 0 aromatic heterocycles. The third kappa shape index (κ3) is 80.0. The van der Waals surface area contributed by atoms with Crippen molar-refractivity contribution in [3.05, 3.63) is 0 Å². The van der Waals surface area contributed by atoms with Gasteiger partial charge < -0.3 is 29.7 Å². The summed E-state index contributed by atoms with van der Waals surface area (Å²) in [7, 11) is 0. The van der Waals surface area contributed by atoms with Gasteiger partial charge >= 0.3 is 38.3 Å². The molecular formula is C54H105LiO6Zn. The smallest absolute Gasteiger partial charge is 0.550 e. The first-order valence-corrected chi connectivity index (χ1v) is 26.9. The topological polar surface area (TPSA) is 120 Å². The van der Waals surface area contributed by atoms with Crippen molar-refractivity contribution in [1.29, 1.82) is 0 Å². The molecule has 0 fully saturated rings. The second-order valence-electron chi connectivity index (χ2n) is 18.2. The fraction of sp³-hybridized carbons (Fsp3) is 0.944. The van der Waals surface area contributed by atoms with Crippen LogP contribution in [0.1, 0.15) is 329 Å². The summed E-state index contributed by atoms with van der Waals surface area (Å²) in [5.74, 6) is -2.71. The molecule has 360 valence electrons. The molecule has 0 bridgehead atoms. The normalized spacial score (nSPS) is 10.5. The number of aliphatic carboxylic acids is 3. The third-order valence-corrected chi connectivity index (χ3v) is 12.0. The van der Waals surface area contributed by atoms with E-state index in [0.29, 0.717) is 0 Å². The molecule has 0 atom stereocenters. The Balaban J connectivity index is -0.000000258. The van der Waals surface area contributed by atoms with Gasteiger partial charge in [0.15, 0.2) is 0 Å². The van der Waals surface area contributed by atoms with Crippen molar-refractivity contribution in [2.75, 3.05) is 0 Å². The molecule has 0 aliphatic carbocycles. The van der Waals surface area contributed by atoms with Crippen molar-refractivity contribution in [2.24, 2.45) is 0 Å². The summed E-state index contributed by atoms with van der Waals surface area (Å²) in [6.45, 7) is 6.80. The molecule has 0 unspecified atom stereocenters. The van der Waals surface area contributed by atoms with E-state index in [-0.39, 0.29) is 57.6 Å². The molecule has 0 heterocycles. The number of unbranched alkanes of at least 4 members (excludes halogenated alkanes) is 42. The van der Waals surface area contributed by atoms with Crippen LogP contribution in [-0.4, -0.2) is 17.9 Å². The molecule has 62 heavy (non-hydrogen) atoms. The van der Waals surface area contributed by atoms with Crippen molar-refractivity contribution in [2.45, 2.75) is 329 Å². The van der Waals surface area contributed by atoms with Gasteiger partial charge in [-0.1, -0.05) is 290 Å². The van der Waals surface area contributed by atoms with E-state index in [1.807, 2.05) is 0 Å². The Labute approximate surface area is 412 Å². The Morgan fingerprint density at radius 2 is 0.323 bits per heavy atom. The summed E-state index contributed by atoms with van der Waals surface area (Å²) in [5.41, 5.74) is 0. The first-order valence-electron chi connectivity index (χ1n) is 26.9. The maximum atomic E-state index is 10.2. The Kier molecular flexibility index (Phi) is 76.6. The van der Waals surface area contributed by atoms with Gasteiger partial charge in [-0.25, -0.2) is 0 Å². The molecule has 6 nitrogen and oxygen atoms in total. The molecule has 0 saturated heterocycles. The van der Waals surface area contributed by atoms with E-state index in [2.05, 4.69) is 20.8 Å². The Hall–Kier alpha value is -0.369. The maximum Gasteiger partial charge on any atom is 2.00 e. The molecule has 0 N–H and O–H groups in total. The van der Waals surface area contributed by atoms with Crippen LogP contribution >= 0.6 is 0 Å². The maximum absolute atomic E-state index is 10.2. The van der Waals surface area contributed by atoms with Crippen molar-refractivity contribution in [1.82, 2.24) is 0 Å². The van der Waals surface area contributed by atoms with Crippen LogP contribution in [0.2, 0.25) is 0 Å². The SMILES string of the molecule is CCCCCCCCCCCCCCCCCC(=O)[O-].CCCCCCCCCCCCCCCCCC(=O)[O-].CCCCCCCCCCCCCCCCCC(=O)[O-].[Li+].[Zn+2]. The van der Waals surface area contributed by atoms with E-state index >= 15 is 0 Å². The molecule has 0 aromatic carbocycles. The molecular weight excluding hydrogens is 817 g/mol. The second-order valence-corrected chi connectivity index (χ2v) is 18.2. The molecule has 0 rings (SSSR count). The average molecular weight is 923 g/mol. The first kappa shape index (κ1) is 70.6. The van der Waals surface area contributed by atoms with E-state index in [9.17, 15) is 29.7 Å². The zero-order valence-corrected chi connectivity index (χ0v) is 45.6. The number of carboxylic acids is 3. The van der Waals surface area contributed by atoms with E-state index in [0.717, 1.165) is 38.5 Å². The third-order valence-electron chi connectivity index (χ3n) is 12.0. The van der Waals surface area contributed by atoms with Crippen LogP contribution in [0.5, 0.6) is 0 Å². The molecule has 0 amide bonds. The number of carboxylic acid groups (broad SMARTS) is 3. The zero-order chi connectivity index (χ0) is 44.7. The molecule has 0 aliphatic rings. The number of rotatable bonds is 48. The van der Waals surface area contributed by atoms with Gasteiger partial charge in [0.1, 0.15) is 0 Å². The Morgan fingerprint density at radius 1 is 0.226 bits per heavy atom. The minimum Gasteiger partial charge on any atom is -0.550 e. The van der Waals surface area contributed by atoms with Crippen molar-refractivity contribution in [3.63, 3.8) is 0 Å². The van der Waals surface area contributed by atoms with Gasteiger partial charge in [0.05, 0.1) is 0 Å². The summed E-state index contributed by atoms with van der Waals surface area (Å²) >= 11 is 0. The minimum atomic E-state index is -0.903. The number of carbonyl (C=O) groups is 3. The Bertz CT molecular complexity index is 724. The fourth-order valence-electron chi connectivity index (χ4n) is 7.92. The summed E-state index contributed by atoms with van der Waals surface area (Å²) in [6.07, 6.45) is 59.6. The van der Waals surface area contributed by atoms with Crippen LogP contribution in [0.15, 0.2) is 0 Å². The number of hydrogen-bond donors (Lipinski definition) is 0. The van der Waals surface area contributed by atoms with E-state index in [4.69, 9.17) is 0 Å². The Morgan fingerprint density at radius 3 is 0.419 bits per heavy atom. The van der Waals surface area contributed by atoms with Gasteiger partial charge in [-0.05, 0) is 38.5 Å². The van der Waals surface area contributed by atoms with Crippen LogP contribution in [0.25, 0.3) is 0 Å². The molecule has 0 aromatic rings. The van der Waals surface area contributed by atoms with Crippen LogP contribution in [0, 0.1) is 0 Å². The minimum absolute atomic E-state index is 0. The zero-order valence-electron chi connectivity index (χ0n) is 42.6. The van der Waals surface area contributed by atoms with Gasteiger partial charge in [0.25, 0.3) is 0 Å². The molecule has 8 heteroatoms. The van der Waals surface area contributed by atoms with Crippen molar-refractivity contribution >= 4 is 17.9 Å². The van der Waals surface area contributed by atoms with Gasteiger partial charge in [-0.3, -0.25) is 0 Å². The largest absolute Gasteiger partial charge is 2.00 e. The van der Waals surface area contributed by atoms with Crippen molar-refractivity contribution in [3.8, 4) is 0 Å². The second kappa shape index (κ2) is 67.2. The summed E-state index contributed by atoms with van der Waals surface area (Å²) in [5, 5.41) is 30.7.